The Morgan fingerprint density at radius 1 is 1.10 bits per heavy atom. The summed E-state index contributed by atoms with van der Waals surface area (Å²) in [6.45, 7) is 2.39. The largest absolute Gasteiger partial charge is 0.340 e. The van der Waals surface area contributed by atoms with E-state index in [1.165, 1.54) is 29.8 Å². The number of benzene rings is 2. The van der Waals surface area contributed by atoms with Gasteiger partial charge in [-0.1, -0.05) is 13.0 Å². The van der Waals surface area contributed by atoms with Crippen LogP contribution >= 0.6 is 0 Å². The van der Waals surface area contributed by atoms with E-state index in [9.17, 15) is 9.18 Å². The Kier molecular flexibility index (Phi) is 3.57. The minimum Gasteiger partial charge on any atom is -0.340 e. The molecular weight excluding hydrogens is 265 g/mol. The maximum atomic E-state index is 12.9. The molecule has 0 saturated heterocycles. The summed E-state index contributed by atoms with van der Waals surface area (Å²) in [6, 6.07) is 14.0. The van der Waals surface area contributed by atoms with E-state index in [1.807, 2.05) is 22.9 Å². The van der Waals surface area contributed by atoms with Crippen LogP contribution in [0, 0.1) is 5.82 Å². The quantitative estimate of drug-likeness (QED) is 0.656. The second-order valence-corrected chi connectivity index (χ2v) is 5.12. The molecule has 0 amide bonds. The van der Waals surface area contributed by atoms with Crippen molar-refractivity contribution in [2.24, 2.45) is 0 Å². The van der Waals surface area contributed by atoms with Crippen LogP contribution < -0.4 is 0 Å². The molecule has 0 spiro atoms. The first kappa shape index (κ1) is 13.6. The van der Waals surface area contributed by atoms with E-state index in [0.717, 1.165) is 17.3 Å². The number of carbonyl (C=O) groups is 1. The predicted molar refractivity (Wildman–Crippen MR) is 82.0 cm³/mol. The van der Waals surface area contributed by atoms with Gasteiger partial charge in [-0.15, -0.1) is 0 Å². The first-order valence-electron chi connectivity index (χ1n) is 7.04. The standard InChI is InChI=1S/C18H16FNO/c1-2-13-3-8-17-15(11-13)9-10-20(17)12-18(21)14-4-6-16(19)7-5-14/h3-11H,2,12H2,1H3. The van der Waals surface area contributed by atoms with Gasteiger partial charge in [0.1, 0.15) is 5.82 Å². The van der Waals surface area contributed by atoms with E-state index in [1.54, 1.807) is 0 Å². The minimum absolute atomic E-state index is 0.0212. The van der Waals surface area contributed by atoms with Crippen molar-refractivity contribution in [2.75, 3.05) is 0 Å². The van der Waals surface area contributed by atoms with Gasteiger partial charge >= 0.3 is 0 Å². The van der Waals surface area contributed by atoms with Crippen LogP contribution in [-0.2, 0) is 13.0 Å². The first-order valence-corrected chi connectivity index (χ1v) is 7.04. The monoisotopic (exact) mass is 281 g/mol. The highest BCUT2D eigenvalue weighted by Crippen LogP contribution is 2.19. The molecule has 0 atom stereocenters. The molecule has 0 aliphatic carbocycles. The molecule has 0 unspecified atom stereocenters. The van der Waals surface area contributed by atoms with Crippen molar-refractivity contribution in [3.8, 4) is 0 Å². The van der Waals surface area contributed by atoms with Crippen LogP contribution in [0.3, 0.4) is 0 Å². The average Bonchev–Trinajstić information content (AvgIpc) is 2.90. The Hall–Kier alpha value is -2.42. The number of halogens is 1. The van der Waals surface area contributed by atoms with Crippen molar-refractivity contribution in [2.45, 2.75) is 19.9 Å². The Bertz CT molecular complexity index is 787. The van der Waals surface area contributed by atoms with Gasteiger partial charge in [0.2, 0.25) is 0 Å². The third-order valence-corrected chi connectivity index (χ3v) is 3.72. The number of hydrogen-bond donors (Lipinski definition) is 0. The number of fused-ring (bicyclic) bond motifs is 1. The fraction of sp³-hybridized carbons (Fsp3) is 0.167. The normalized spacial score (nSPS) is 11.0. The molecule has 0 N–H and O–H groups in total. The van der Waals surface area contributed by atoms with Gasteiger partial charge in [0.25, 0.3) is 0 Å². The van der Waals surface area contributed by atoms with Gasteiger partial charge in [0.05, 0.1) is 6.54 Å². The number of hydrogen-bond acceptors (Lipinski definition) is 1. The molecule has 0 saturated carbocycles. The maximum Gasteiger partial charge on any atom is 0.182 e. The zero-order valence-corrected chi connectivity index (χ0v) is 11.8. The molecular formula is C18H16FNO. The van der Waals surface area contributed by atoms with Crippen LogP contribution in [0.5, 0.6) is 0 Å². The van der Waals surface area contributed by atoms with Crippen LogP contribution in [0.15, 0.2) is 54.7 Å². The zero-order chi connectivity index (χ0) is 14.8. The number of ketones is 1. The summed E-state index contributed by atoms with van der Waals surface area (Å²) in [5.74, 6) is -0.350. The summed E-state index contributed by atoms with van der Waals surface area (Å²) in [7, 11) is 0. The van der Waals surface area contributed by atoms with Crippen LogP contribution in [-0.4, -0.2) is 10.4 Å². The van der Waals surface area contributed by atoms with Gasteiger partial charge < -0.3 is 4.57 Å². The van der Waals surface area contributed by atoms with Crippen molar-refractivity contribution in [1.82, 2.24) is 4.57 Å². The molecule has 0 aliphatic heterocycles. The lowest BCUT2D eigenvalue weighted by molar-refractivity contribution is 0.0973. The number of nitrogens with zero attached hydrogens (tertiary/aromatic N) is 1. The minimum atomic E-state index is -0.329. The Morgan fingerprint density at radius 3 is 2.57 bits per heavy atom. The van der Waals surface area contributed by atoms with Gasteiger partial charge in [0.15, 0.2) is 5.78 Å². The van der Waals surface area contributed by atoms with Crippen LogP contribution in [0.25, 0.3) is 10.9 Å². The molecule has 2 aromatic carbocycles. The van der Waals surface area contributed by atoms with Crippen LogP contribution in [0.1, 0.15) is 22.8 Å². The van der Waals surface area contributed by atoms with E-state index < -0.39 is 0 Å². The summed E-state index contributed by atoms with van der Waals surface area (Å²) >= 11 is 0. The number of rotatable bonds is 4. The molecule has 21 heavy (non-hydrogen) atoms. The summed E-state index contributed by atoms with van der Waals surface area (Å²) < 4.78 is 14.8. The average molecular weight is 281 g/mol. The zero-order valence-electron chi connectivity index (χ0n) is 11.8. The third kappa shape index (κ3) is 2.72. The Labute approximate surface area is 122 Å². The van der Waals surface area contributed by atoms with Crippen molar-refractivity contribution in [1.29, 1.82) is 0 Å². The molecule has 106 valence electrons. The van der Waals surface area contributed by atoms with E-state index in [-0.39, 0.29) is 18.1 Å². The maximum absolute atomic E-state index is 12.9. The molecule has 1 aromatic heterocycles. The van der Waals surface area contributed by atoms with E-state index in [4.69, 9.17) is 0 Å². The van der Waals surface area contributed by atoms with Crippen LogP contribution in [0.4, 0.5) is 4.39 Å². The lowest BCUT2D eigenvalue weighted by Crippen LogP contribution is -2.09. The van der Waals surface area contributed by atoms with Gasteiger partial charge in [-0.25, -0.2) is 4.39 Å². The molecule has 0 radical (unpaired) electrons. The van der Waals surface area contributed by atoms with Gasteiger partial charge in [-0.2, -0.15) is 0 Å². The fourth-order valence-corrected chi connectivity index (χ4v) is 2.49. The van der Waals surface area contributed by atoms with E-state index in [0.29, 0.717) is 5.56 Å². The molecule has 0 aliphatic rings. The molecule has 2 nitrogen and oxygen atoms in total. The molecule has 0 bridgehead atoms. The highest BCUT2D eigenvalue weighted by molar-refractivity contribution is 5.96. The fourth-order valence-electron chi connectivity index (χ4n) is 2.49. The number of aromatic nitrogens is 1. The summed E-state index contributed by atoms with van der Waals surface area (Å²) in [6.07, 6.45) is 2.92. The number of carbonyl (C=O) groups excluding carboxylic acids is 1. The highest BCUT2D eigenvalue weighted by atomic mass is 19.1. The molecule has 1 heterocycles. The van der Waals surface area contributed by atoms with Crippen LogP contribution in [0.2, 0.25) is 0 Å². The molecule has 3 rings (SSSR count). The van der Waals surface area contributed by atoms with Gasteiger partial charge in [-0.3, -0.25) is 4.79 Å². The van der Waals surface area contributed by atoms with E-state index >= 15 is 0 Å². The second kappa shape index (κ2) is 5.52. The lowest BCUT2D eigenvalue weighted by Gasteiger charge is -2.06. The molecule has 3 heteroatoms. The summed E-state index contributed by atoms with van der Waals surface area (Å²) in [5.41, 5.74) is 2.86. The first-order chi connectivity index (χ1) is 10.2. The van der Waals surface area contributed by atoms with Crippen molar-refractivity contribution < 1.29 is 9.18 Å². The smallest absolute Gasteiger partial charge is 0.182 e. The van der Waals surface area contributed by atoms with Gasteiger partial charge in [0, 0.05) is 17.3 Å². The number of Topliss-reactive ketones (excluding diaryl/α,β-unsaturated/α-hetero) is 1. The number of aryl methyl sites for hydroxylation is 1. The second-order valence-electron chi connectivity index (χ2n) is 5.12. The third-order valence-electron chi connectivity index (χ3n) is 3.72. The Balaban J connectivity index is 1.87. The summed E-state index contributed by atoms with van der Waals surface area (Å²) in [5, 5.41) is 1.14. The molecule has 0 fully saturated rings. The lowest BCUT2D eigenvalue weighted by atomic mass is 10.1. The predicted octanol–water partition coefficient (Wildman–Crippen LogP) is 4.23. The van der Waals surface area contributed by atoms with E-state index in [2.05, 4.69) is 19.1 Å². The van der Waals surface area contributed by atoms with Gasteiger partial charge in [-0.05, 0) is 59.8 Å². The SMILES string of the molecule is CCc1ccc2c(ccn2CC(=O)c2ccc(F)cc2)c1. The highest BCUT2D eigenvalue weighted by Gasteiger charge is 2.09. The Morgan fingerprint density at radius 2 is 1.86 bits per heavy atom. The topological polar surface area (TPSA) is 22.0 Å². The molecule has 3 aromatic rings. The summed E-state index contributed by atoms with van der Waals surface area (Å²) in [4.78, 5) is 12.2. The van der Waals surface area contributed by atoms with Crippen molar-refractivity contribution in [3.63, 3.8) is 0 Å². The van der Waals surface area contributed by atoms with Crippen molar-refractivity contribution >= 4 is 16.7 Å². The van der Waals surface area contributed by atoms with Crippen molar-refractivity contribution in [3.05, 3.63) is 71.7 Å².